The van der Waals surface area contributed by atoms with Crippen LogP contribution in [-0.4, -0.2) is 17.3 Å². The Kier molecular flexibility index (Phi) is 4.31. The molecule has 0 spiro atoms. The van der Waals surface area contributed by atoms with E-state index in [2.05, 4.69) is 5.32 Å². The highest BCUT2D eigenvalue weighted by atomic mass is 35.5. The number of nitrogens with one attached hydrogen (secondary N) is 1. The minimum absolute atomic E-state index is 0.0912. The van der Waals surface area contributed by atoms with Crippen molar-refractivity contribution in [2.24, 2.45) is 0 Å². The first-order valence-electron chi connectivity index (χ1n) is 5.95. The Morgan fingerprint density at radius 3 is 2.47 bits per heavy atom. The quantitative estimate of drug-likeness (QED) is 0.882. The van der Waals surface area contributed by atoms with E-state index in [9.17, 15) is 5.11 Å². The van der Waals surface area contributed by atoms with E-state index in [0.717, 1.165) is 24.9 Å². The molecule has 1 aliphatic carbocycles. The van der Waals surface area contributed by atoms with E-state index < -0.39 is 0 Å². The first kappa shape index (κ1) is 13.2. The average Bonchev–Trinajstić information content (AvgIpc) is 2.80. The Labute approximate surface area is 112 Å². The van der Waals surface area contributed by atoms with Crippen LogP contribution in [0.25, 0.3) is 0 Å². The molecular formula is C13H17Cl2NO. The molecule has 0 amide bonds. The van der Waals surface area contributed by atoms with Crippen molar-refractivity contribution in [3.8, 4) is 0 Å². The maximum Gasteiger partial charge on any atom is 0.0613 e. The summed E-state index contributed by atoms with van der Waals surface area (Å²) in [6.07, 6.45) is 4.47. The SMILES string of the molecule is OCC1(NCc2ccc(Cl)c(Cl)c2)CCCC1. The van der Waals surface area contributed by atoms with Gasteiger partial charge in [-0.05, 0) is 30.5 Å². The van der Waals surface area contributed by atoms with Gasteiger partial charge in [0.25, 0.3) is 0 Å². The summed E-state index contributed by atoms with van der Waals surface area (Å²) in [5.74, 6) is 0. The van der Waals surface area contributed by atoms with Crippen molar-refractivity contribution >= 4 is 23.2 Å². The summed E-state index contributed by atoms with van der Waals surface area (Å²) >= 11 is 11.8. The van der Waals surface area contributed by atoms with Gasteiger partial charge in [-0.3, -0.25) is 0 Å². The topological polar surface area (TPSA) is 32.3 Å². The van der Waals surface area contributed by atoms with Crippen molar-refractivity contribution in [1.29, 1.82) is 0 Å². The van der Waals surface area contributed by atoms with E-state index in [1.54, 1.807) is 6.07 Å². The van der Waals surface area contributed by atoms with Gasteiger partial charge >= 0.3 is 0 Å². The van der Waals surface area contributed by atoms with E-state index in [4.69, 9.17) is 23.2 Å². The smallest absolute Gasteiger partial charge is 0.0613 e. The van der Waals surface area contributed by atoms with Gasteiger partial charge in [-0.2, -0.15) is 0 Å². The van der Waals surface area contributed by atoms with E-state index in [-0.39, 0.29) is 12.1 Å². The first-order chi connectivity index (χ1) is 8.15. The largest absolute Gasteiger partial charge is 0.394 e. The van der Waals surface area contributed by atoms with Crippen LogP contribution in [0.15, 0.2) is 18.2 Å². The summed E-state index contributed by atoms with van der Waals surface area (Å²) in [6.45, 7) is 0.922. The van der Waals surface area contributed by atoms with Gasteiger partial charge in [0.2, 0.25) is 0 Å². The van der Waals surface area contributed by atoms with Crippen LogP contribution in [0.5, 0.6) is 0 Å². The molecule has 1 saturated carbocycles. The second kappa shape index (κ2) is 5.57. The summed E-state index contributed by atoms with van der Waals surface area (Å²) in [6, 6.07) is 5.64. The molecule has 0 aromatic heterocycles. The Balaban J connectivity index is 1.99. The predicted octanol–water partition coefficient (Wildman–Crippen LogP) is 3.39. The molecule has 2 nitrogen and oxygen atoms in total. The van der Waals surface area contributed by atoms with Gasteiger partial charge in [0.1, 0.15) is 0 Å². The highest BCUT2D eigenvalue weighted by Gasteiger charge is 2.32. The molecule has 0 unspecified atom stereocenters. The molecule has 94 valence electrons. The lowest BCUT2D eigenvalue weighted by atomic mass is 9.98. The molecule has 17 heavy (non-hydrogen) atoms. The van der Waals surface area contributed by atoms with E-state index in [0.29, 0.717) is 10.0 Å². The lowest BCUT2D eigenvalue weighted by Gasteiger charge is -2.28. The van der Waals surface area contributed by atoms with E-state index >= 15 is 0 Å². The Bertz CT molecular complexity index is 389. The van der Waals surface area contributed by atoms with Crippen LogP contribution in [0.1, 0.15) is 31.2 Å². The van der Waals surface area contributed by atoms with Crippen LogP contribution in [0.2, 0.25) is 10.0 Å². The number of aliphatic hydroxyl groups is 1. The van der Waals surface area contributed by atoms with Crippen LogP contribution >= 0.6 is 23.2 Å². The van der Waals surface area contributed by atoms with Gasteiger partial charge < -0.3 is 10.4 Å². The lowest BCUT2D eigenvalue weighted by molar-refractivity contribution is 0.163. The van der Waals surface area contributed by atoms with Crippen LogP contribution in [0.4, 0.5) is 0 Å². The minimum atomic E-state index is -0.0912. The van der Waals surface area contributed by atoms with E-state index in [1.807, 2.05) is 12.1 Å². The highest BCUT2D eigenvalue weighted by Crippen LogP contribution is 2.30. The Morgan fingerprint density at radius 2 is 1.88 bits per heavy atom. The van der Waals surface area contributed by atoms with Crippen molar-refractivity contribution in [2.45, 2.75) is 37.8 Å². The highest BCUT2D eigenvalue weighted by molar-refractivity contribution is 6.42. The molecule has 0 atom stereocenters. The standard InChI is InChI=1S/C13H17Cl2NO/c14-11-4-3-10(7-12(11)15)8-16-13(9-17)5-1-2-6-13/h3-4,7,16-17H,1-2,5-6,8-9H2. The van der Waals surface area contributed by atoms with Crippen molar-refractivity contribution in [3.63, 3.8) is 0 Å². The third-order valence-electron chi connectivity index (χ3n) is 3.51. The molecule has 2 N–H and O–H groups in total. The normalized spacial score (nSPS) is 18.5. The number of hydrogen-bond acceptors (Lipinski definition) is 2. The predicted molar refractivity (Wildman–Crippen MR) is 71.6 cm³/mol. The molecule has 0 radical (unpaired) electrons. The fraction of sp³-hybridized carbons (Fsp3) is 0.538. The van der Waals surface area contributed by atoms with Crippen molar-refractivity contribution in [1.82, 2.24) is 5.32 Å². The van der Waals surface area contributed by atoms with Crippen molar-refractivity contribution in [2.75, 3.05) is 6.61 Å². The number of benzene rings is 1. The van der Waals surface area contributed by atoms with Gasteiger partial charge in [-0.25, -0.2) is 0 Å². The zero-order chi connectivity index (χ0) is 12.3. The molecule has 0 saturated heterocycles. The molecule has 2 rings (SSSR count). The van der Waals surface area contributed by atoms with Gasteiger partial charge in [0.05, 0.1) is 16.7 Å². The number of halogens is 2. The number of aliphatic hydroxyl groups excluding tert-OH is 1. The molecule has 1 aromatic rings. The van der Waals surface area contributed by atoms with Gasteiger partial charge in [0.15, 0.2) is 0 Å². The second-order valence-corrected chi connectivity index (χ2v) is 5.56. The summed E-state index contributed by atoms with van der Waals surface area (Å²) in [5, 5.41) is 14.1. The fourth-order valence-corrected chi connectivity index (χ4v) is 2.70. The maximum absolute atomic E-state index is 9.48. The maximum atomic E-state index is 9.48. The molecule has 1 fully saturated rings. The van der Waals surface area contributed by atoms with E-state index in [1.165, 1.54) is 12.8 Å². The summed E-state index contributed by atoms with van der Waals surface area (Å²) in [7, 11) is 0. The lowest BCUT2D eigenvalue weighted by Crippen LogP contribution is -2.45. The molecular weight excluding hydrogens is 257 g/mol. The van der Waals surface area contributed by atoms with Crippen LogP contribution in [-0.2, 0) is 6.54 Å². The monoisotopic (exact) mass is 273 g/mol. The fourth-order valence-electron chi connectivity index (χ4n) is 2.38. The molecule has 0 aliphatic heterocycles. The minimum Gasteiger partial charge on any atom is -0.394 e. The summed E-state index contributed by atoms with van der Waals surface area (Å²) < 4.78 is 0. The van der Waals surface area contributed by atoms with Gasteiger partial charge in [-0.1, -0.05) is 42.1 Å². The van der Waals surface area contributed by atoms with Crippen molar-refractivity contribution < 1.29 is 5.11 Å². The Hall–Kier alpha value is -0.280. The summed E-state index contributed by atoms with van der Waals surface area (Å²) in [4.78, 5) is 0. The third kappa shape index (κ3) is 3.14. The van der Waals surface area contributed by atoms with Crippen molar-refractivity contribution in [3.05, 3.63) is 33.8 Å². The average molecular weight is 274 g/mol. The van der Waals surface area contributed by atoms with Crippen LogP contribution in [0.3, 0.4) is 0 Å². The molecule has 1 aromatic carbocycles. The molecule has 4 heteroatoms. The summed E-state index contributed by atoms with van der Waals surface area (Å²) in [5.41, 5.74) is 1.01. The van der Waals surface area contributed by atoms with Crippen LogP contribution < -0.4 is 5.32 Å². The van der Waals surface area contributed by atoms with Crippen LogP contribution in [0, 0.1) is 0 Å². The number of hydrogen-bond donors (Lipinski definition) is 2. The first-order valence-corrected chi connectivity index (χ1v) is 6.71. The third-order valence-corrected chi connectivity index (χ3v) is 4.25. The van der Waals surface area contributed by atoms with Gasteiger partial charge in [0, 0.05) is 12.1 Å². The molecule has 1 aliphatic rings. The molecule has 0 bridgehead atoms. The number of rotatable bonds is 4. The molecule has 0 heterocycles. The Morgan fingerprint density at radius 1 is 1.18 bits per heavy atom. The zero-order valence-corrected chi connectivity index (χ0v) is 11.2. The van der Waals surface area contributed by atoms with Gasteiger partial charge in [-0.15, -0.1) is 0 Å². The second-order valence-electron chi connectivity index (χ2n) is 4.75. The zero-order valence-electron chi connectivity index (χ0n) is 9.68.